The Hall–Kier alpha value is -2.76. The first-order valence-corrected chi connectivity index (χ1v) is 7.59. The highest BCUT2D eigenvalue weighted by atomic mass is 16.5. The van der Waals surface area contributed by atoms with Gasteiger partial charge in [-0.25, -0.2) is 9.59 Å². The number of carbonyl (C=O) groups is 2. The van der Waals surface area contributed by atoms with E-state index in [9.17, 15) is 9.59 Å². The summed E-state index contributed by atoms with van der Waals surface area (Å²) < 4.78 is 20.1. The maximum absolute atomic E-state index is 12.1. The third-order valence-electron chi connectivity index (χ3n) is 2.88. The van der Waals surface area contributed by atoms with Gasteiger partial charge >= 0.3 is 11.9 Å². The molecule has 6 nitrogen and oxygen atoms in total. The molecular weight excluding hydrogens is 312 g/mol. The lowest BCUT2D eigenvalue weighted by molar-refractivity contribution is 0.0430. The minimum atomic E-state index is -0.573. The summed E-state index contributed by atoms with van der Waals surface area (Å²) in [6.45, 7) is 8.04. The molecule has 0 aliphatic rings. The van der Waals surface area contributed by atoms with Crippen molar-refractivity contribution in [2.75, 3.05) is 26.4 Å². The SMILES string of the molecule is C=COCCCOC(=O)c1ccccc1C(=O)OCCCOC=C. The van der Waals surface area contributed by atoms with E-state index in [1.165, 1.54) is 24.7 Å². The normalized spacial score (nSPS) is 9.67. The van der Waals surface area contributed by atoms with Crippen molar-refractivity contribution in [1.82, 2.24) is 0 Å². The fourth-order valence-corrected chi connectivity index (χ4v) is 1.78. The molecule has 6 heteroatoms. The second-order valence-electron chi connectivity index (χ2n) is 4.60. The van der Waals surface area contributed by atoms with Gasteiger partial charge < -0.3 is 18.9 Å². The van der Waals surface area contributed by atoms with Crippen LogP contribution in [0, 0.1) is 0 Å². The Morgan fingerprint density at radius 1 is 0.792 bits per heavy atom. The van der Waals surface area contributed by atoms with Gasteiger partial charge in [0.15, 0.2) is 0 Å². The summed E-state index contributed by atoms with van der Waals surface area (Å²) in [5, 5.41) is 0. The minimum Gasteiger partial charge on any atom is -0.502 e. The second kappa shape index (κ2) is 11.8. The van der Waals surface area contributed by atoms with Crippen LogP contribution in [0.25, 0.3) is 0 Å². The van der Waals surface area contributed by atoms with Crippen LogP contribution in [0.2, 0.25) is 0 Å². The van der Waals surface area contributed by atoms with Gasteiger partial charge in [-0.1, -0.05) is 25.3 Å². The average molecular weight is 334 g/mol. The van der Waals surface area contributed by atoms with Crippen LogP contribution in [0.3, 0.4) is 0 Å². The Kier molecular flexibility index (Phi) is 9.45. The van der Waals surface area contributed by atoms with Crippen molar-refractivity contribution in [3.05, 3.63) is 61.1 Å². The molecule has 0 aromatic heterocycles. The number of benzene rings is 1. The van der Waals surface area contributed by atoms with Crippen LogP contribution in [0.5, 0.6) is 0 Å². The lowest BCUT2D eigenvalue weighted by Crippen LogP contribution is -2.15. The smallest absolute Gasteiger partial charge is 0.339 e. The topological polar surface area (TPSA) is 71.1 Å². The number of esters is 2. The zero-order valence-corrected chi connectivity index (χ0v) is 13.6. The Labute approximate surface area is 141 Å². The number of ether oxygens (including phenoxy) is 4. The zero-order valence-electron chi connectivity index (χ0n) is 13.6. The van der Waals surface area contributed by atoms with Crippen LogP contribution in [-0.4, -0.2) is 38.4 Å². The van der Waals surface area contributed by atoms with Crippen molar-refractivity contribution in [1.29, 1.82) is 0 Å². The Bertz CT molecular complexity index is 503. The fourth-order valence-electron chi connectivity index (χ4n) is 1.78. The highest BCUT2D eigenvalue weighted by molar-refractivity contribution is 6.03. The molecule has 0 aliphatic carbocycles. The maximum Gasteiger partial charge on any atom is 0.339 e. The molecule has 24 heavy (non-hydrogen) atoms. The van der Waals surface area contributed by atoms with Gasteiger partial charge in [0.25, 0.3) is 0 Å². The molecule has 0 N–H and O–H groups in total. The van der Waals surface area contributed by atoms with Crippen LogP contribution < -0.4 is 0 Å². The molecule has 1 rings (SSSR count). The van der Waals surface area contributed by atoms with Crippen LogP contribution in [-0.2, 0) is 18.9 Å². The molecule has 130 valence electrons. The maximum atomic E-state index is 12.1. The van der Waals surface area contributed by atoms with Crippen molar-refractivity contribution in [3.8, 4) is 0 Å². The first-order chi connectivity index (χ1) is 11.7. The quantitative estimate of drug-likeness (QED) is 0.332. The molecular formula is C18H22O6. The predicted octanol–water partition coefficient (Wildman–Crippen LogP) is 3.10. The highest BCUT2D eigenvalue weighted by Crippen LogP contribution is 2.12. The number of hydrogen-bond donors (Lipinski definition) is 0. The molecule has 0 unspecified atom stereocenters. The Morgan fingerprint density at radius 3 is 1.58 bits per heavy atom. The van der Waals surface area contributed by atoms with Crippen LogP contribution in [0.4, 0.5) is 0 Å². The Morgan fingerprint density at radius 2 is 1.21 bits per heavy atom. The van der Waals surface area contributed by atoms with E-state index in [2.05, 4.69) is 13.2 Å². The van der Waals surface area contributed by atoms with E-state index in [1.54, 1.807) is 12.1 Å². The lowest BCUT2D eigenvalue weighted by atomic mass is 10.1. The molecule has 0 saturated carbocycles. The van der Waals surface area contributed by atoms with E-state index in [0.717, 1.165) is 0 Å². The van der Waals surface area contributed by atoms with Gasteiger partial charge in [0.05, 0.1) is 50.1 Å². The van der Waals surface area contributed by atoms with Crippen molar-refractivity contribution < 1.29 is 28.5 Å². The zero-order chi connectivity index (χ0) is 17.6. The predicted molar refractivity (Wildman–Crippen MR) is 88.5 cm³/mol. The van der Waals surface area contributed by atoms with Crippen molar-refractivity contribution in [2.24, 2.45) is 0 Å². The van der Waals surface area contributed by atoms with E-state index >= 15 is 0 Å². The van der Waals surface area contributed by atoms with Crippen molar-refractivity contribution in [3.63, 3.8) is 0 Å². The van der Waals surface area contributed by atoms with Gasteiger partial charge in [-0.15, -0.1) is 0 Å². The number of rotatable bonds is 12. The van der Waals surface area contributed by atoms with E-state index in [0.29, 0.717) is 26.1 Å². The second-order valence-corrected chi connectivity index (χ2v) is 4.60. The van der Waals surface area contributed by atoms with Gasteiger partial charge in [0.2, 0.25) is 0 Å². The lowest BCUT2D eigenvalue weighted by Gasteiger charge is -2.10. The van der Waals surface area contributed by atoms with E-state index < -0.39 is 11.9 Å². The molecule has 1 aromatic carbocycles. The van der Waals surface area contributed by atoms with Crippen molar-refractivity contribution in [2.45, 2.75) is 12.8 Å². The summed E-state index contributed by atoms with van der Waals surface area (Å²) in [5.41, 5.74) is 0.351. The van der Waals surface area contributed by atoms with Crippen molar-refractivity contribution >= 4 is 11.9 Å². The average Bonchev–Trinajstić information content (AvgIpc) is 2.61. The molecule has 0 amide bonds. The number of hydrogen-bond acceptors (Lipinski definition) is 6. The molecule has 0 bridgehead atoms. The van der Waals surface area contributed by atoms with Gasteiger partial charge in [-0.3, -0.25) is 0 Å². The minimum absolute atomic E-state index is 0.175. The molecule has 0 aliphatic heterocycles. The number of carbonyl (C=O) groups excluding carboxylic acids is 2. The first kappa shape index (κ1) is 19.3. The summed E-state index contributed by atoms with van der Waals surface area (Å²) in [4.78, 5) is 24.2. The first-order valence-electron chi connectivity index (χ1n) is 7.59. The fraction of sp³-hybridized carbons (Fsp3) is 0.333. The van der Waals surface area contributed by atoms with Crippen LogP contribution in [0.15, 0.2) is 49.9 Å². The van der Waals surface area contributed by atoms with E-state index in [1.807, 2.05) is 0 Å². The highest BCUT2D eigenvalue weighted by Gasteiger charge is 2.18. The monoisotopic (exact) mass is 334 g/mol. The summed E-state index contributed by atoms with van der Waals surface area (Å²) in [6.07, 6.45) is 3.72. The van der Waals surface area contributed by atoms with Gasteiger partial charge in [0, 0.05) is 12.8 Å². The summed E-state index contributed by atoms with van der Waals surface area (Å²) in [6, 6.07) is 6.37. The molecule has 0 heterocycles. The molecule has 0 spiro atoms. The molecule has 0 saturated heterocycles. The molecule has 0 fully saturated rings. The third-order valence-corrected chi connectivity index (χ3v) is 2.88. The summed E-state index contributed by atoms with van der Waals surface area (Å²) >= 11 is 0. The van der Waals surface area contributed by atoms with E-state index in [-0.39, 0.29) is 24.3 Å². The van der Waals surface area contributed by atoms with Gasteiger partial charge in [-0.2, -0.15) is 0 Å². The van der Waals surface area contributed by atoms with Crippen LogP contribution >= 0.6 is 0 Å². The Balaban J connectivity index is 2.53. The molecule has 1 aromatic rings. The molecule has 0 radical (unpaired) electrons. The van der Waals surface area contributed by atoms with Gasteiger partial charge in [0.1, 0.15) is 0 Å². The largest absolute Gasteiger partial charge is 0.502 e. The van der Waals surface area contributed by atoms with Crippen LogP contribution in [0.1, 0.15) is 33.6 Å². The molecule has 0 atom stereocenters. The summed E-state index contributed by atoms with van der Waals surface area (Å²) in [7, 11) is 0. The summed E-state index contributed by atoms with van der Waals surface area (Å²) in [5.74, 6) is -1.15. The van der Waals surface area contributed by atoms with E-state index in [4.69, 9.17) is 18.9 Å². The standard InChI is InChI=1S/C18H22O6/c1-3-21-11-7-13-23-17(19)15-9-5-6-10-16(15)18(20)24-14-8-12-22-4-2/h3-6,9-10H,1-2,7-8,11-14H2. The van der Waals surface area contributed by atoms with Gasteiger partial charge in [-0.05, 0) is 12.1 Å². The third kappa shape index (κ3) is 7.00.